The molecule has 142 valence electrons. The molecule has 3 aliphatic heterocycles. The van der Waals surface area contributed by atoms with Crippen LogP contribution in [0.4, 0.5) is 0 Å². The molecule has 5 rings (SSSR count). The molecule has 3 atom stereocenters. The standard InChI is InChI=1S/C21H23NO5/c1-13-20(14-4-2-3-5-16(14)23)15-10-18-19(26-12-25-18)11-17(15)27-21(13)22-6-8-24-9-7-22/h2-5,10-11,13,20-21,23H,6-9,12H2,1H3/t13-,20+,21-/m1/s1. The molecule has 1 N–H and O–H groups in total. The van der Waals surface area contributed by atoms with E-state index in [0.29, 0.717) is 24.7 Å². The molecule has 1 fully saturated rings. The van der Waals surface area contributed by atoms with E-state index in [-0.39, 0.29) is 24.9 Å². The van der Waals surface area contributed by atoms with E-state index in [1.807, 2.05) is 30.3 Å². The van der Waals surface area contributed by atoms with Gasteiger partial charge in [0.05, 0.1) is 13.2 Å². The summed E-state index contributed by atoms with van der Waals surface area (Å²) in [6.07, 6.45) is -0.0913. The van der Waals surface area contributed by atoms with Gasteiger partial charge >= 0.3 is 0 Å². The van der Waals surface area contributed by atoms with Crippen LogP contribution in [0.1, 0.15) is 24.0 Å². The van der Waals surface area contributed by atoms with Crippen LogP contribution in [-0.4, -0.2) is 49.3 Å². The molecule has 3 aliphatic rings. The van der Waals surface area contributed by atoms with Gasteiger partial charge in [-0.05, 0) is 12.1 Å². The minimum Gasteiger partial charge on any atom is -0.508 e. The van der Waals surface area contributed by atoms with Crippen LogP contribution in [0.15, 0.2) is 36.4 Å². The number of nitrogens with zero attached hydrogens (tertiary/aromatic N) is 1. The Morgan fingerprint density at radius 2 is 1.70 bits per heavy atom. The van der Waals surface area contributed by atoms with E-state index in [1.165, 1.54) is 0 Å². The van der Waals surface area contributed by atoms with Crippen molar-refractivity contribution in [3.05, 3.63) is 47.5 Å². The SMILES string of the molecule is C[C@@H]1[C@@H](c2ccccc2O)c2cc3c(cc2O[C@H]1N1CCOCC1)OCO3. The monoisotopic (exact) mass is 369 g/mol. The van der Waals surface area contributed by atoms with Crippen molar-refractivity contribution in [1.29, 1.82) is 0 Å². The van der Waals surface area contributed by atoms with Crippen molar-refractivity contribution in [2.24, 2.45) is 5.92 Å². The third-order valence-corrected chi connectivity index (χ3v) is 5.74. The normalized spacial score (nSPS) is 27.1. The van der Waals surface area contributed by atoms with E-state index < -0.39 is 0 Å². The molecule has 3 heterocycles. The zero-order valence-corrected chi connectivity index (χ0v) is 15.3. The number of fused-ring (bicyclic) bond motifs is 2. The van der Waals surface area contributed by atoms with Crippen molar-refractivity contribution in [3.63, 3.8) is 0 Å². The largest absolute Gasteiger partial charge is 0.508 e. The summed E-state index contributed by atoms with van der Waals surface area (Å²) in [5.41, 5.74) is 1.93. The number of phenols is 1. The van der Waals surface area contributed by atoms with Crippen molar-refractivity contribution in [1.82, 2.24) is 4.90 Å². The van der Waals surface area contributed by atoms with Gasteiger partial charge in [-0.15, -0.1) is 0 Å². The third-order valence-electron chi connectivity index (χ3n) is 5.74. The van der Waals surface area contributed by atoms with E-state index in [0.717, 1.165) is 35.7 Å². The predicted octanol–water partition coefficient (Wildman–Crippen LogP) is 2.94. The van der Waals surface area contributed by atoms with Crippen molar-refractivity contribution in [2.45, 2.75) is 19.1 Å². The molecule has 6 heteroatoms. The van der Waals surface area contributed by atoms with Crippen LogP contribution in [0.25, 0.3) is 0 Å². The predicted molar refractivity (Wildman–Crippen MR) is 98.5 cm³/mol. The highest BCUT2D eigenvalue weighted by atomic mass is 16.7. The summed E-state index contributed by atoms with van der Waals surface area (Å²) in [4.78, 5) is 2.33. The Bertz CT molecular complexity index is 848. The quantitative estimate of drug-likeness (QED) is 0.878. The minimum atomic E-state index is -0.0913. The van der Waals surface area contributed by atoms with Crippen LogP contribution in [-0.2, 0) is 4.74 Å². The van der Waals surface area contributed by atoms with Gasteiger partial charge in [0.2, 0.25) is 6.79 Å². The van der Waals surface area contributed by atoms with E-state index in [4.69, 9.17) is 18.9 Å². The lowest BCUT2D eigenvalue weighted by molar-refractivity contribution is -0.0785. The minimum absolute atomic E-state index is 0.00250. The van der Waals surface area contributed by atoms with Crippen LogP contribution in [0.5, 0.6) is 23.0 Å². The van der Waals surface area contributed by atoms with Crippen LogP contribution in [0.2, 0.25) is 0 Å². The second-order valence-corrected chi connectivity index (χ2v) is 7.30. The Morgan fingerprint density at radius 3 is 2.48 bits per heavy atom. The maximum atomic E-state index is 10.6. The van der Waals surface area contributed by atoms with Gasteiger partial charge in [0.25, 0.3) is 0 Å². The first-order valence-corrected chi connectivity index (χ1v) is 9.42. The number of phenolic OH excluding ortho intramolecular Hbond substituents is 1. The number of ether oxygens (including phenoxy) is 4. The fourth-order valence-corrected chi connectivity index (χ4v) is 4.41. The molecule has 0 radical (unpaired) electrons. The number of aromatic hydroxyl groups is 1. The second kappa shape index (κ2) is 6.62. The molecule has 2 aromatic rings. The maximum Gasteiger partial charge on any atom is 0.231 e. The molecule has 0 aliphatic carbocycles. The number of hydrogen-bond acceptors (Lipinski definition) is 6. The Hall–Kier alpha value is -2.44. The highest BCUT2D eigenvalue weighted by molar-refractivity contribution is 5.57. The summed E-state index contributed by atoms with van der Waals surface area (Å²) in [6, 6.07) is 11.5. The zero-order valence-electron chi connectivity index (χ0n) is 15.3. The zero-order chi connectivity index (χ0) is 18.4. The molecule has 27 heavy (non-hydrogen) atoms. The van der Waals surface area contributed by atoms with Gasteiger partial charge in [-0.2, -0.15) is 0 Å². The van der Waals surface area contributed by atoms with Crippen molar-refractivity contribution in [2.75, 3.05) is 33.1 Å². The van der Waals surface area contributed by atoms with E-state index >= 15 is 0 Å². The molecule has 6 nitrogen and oxygen atoms in total. The first-order valence-electron chi connectivity index (χ1n) is 9.42. The summed E-state index contributed by atoms with van der Waals surface area (Å²) in [6.45, 7) is 5.50. The lowest BCUT2D eigenvalue weighted by atomic mass is 9.77. The van der Waals surface area contributed by atoms with Crippen LogP contribution < -0.4 is 14.2 Å². The molecule has 0 unspecified atom stereocenters. The summed E-state index contributed by atoms with van der Waals surface area (Å²) >= 11 is 0. The lowest BCUT2D eigenvalue weighted by Gasteiger charge is -2.44. The van der Waals surface area contributed by atoms with Gasteiger partial charge < -0.3 is 24.1 Å². The molecule has 0 saturated carbocycles. The Balaban J connectivity index is 1.62. The van der Waals surface area contributed by atoms with Gasteiger partial charge in [0, 0.05) is 42.1 Å². The lowest BCUT2D eigenvalue weighted by Crippen LogP contribution is -2.52. The maximum absolute atomic E-state index is 10.6. The third kappa shape index (κ3) is 2.80. The molecule has 0 bridgehead atoms. The van der Waals surface area contributed by atoms with E-state index in [1.54, 1.807) is 6.07 Å². The van der Waals surface area contributed by atoms with Gasteiger partial charge in [0.15, 0.2) is 17.7 Å². The molecule has 2 aromatic carbocycles. The van der Waals surface area contributed by atoms with Crippen molar-refractivity contribution in [3.8, 4) is 23.0 Å². The molecule has 0 amide bonds. The van der Waals surface area contributed by atoms with Crippen LogP contribution >= 0.6 is 0 Å². The highest BCUT2D eigenvalue weighted by Gasteiger charge is 2.41. The number of morpholine rings is 1. The van der Waals surface area contributed by atoms with Gasteiger partial charge in [-0.25, -0.2) is 0 Å². The summed E-state index contributed by atoms with van der Waals surface area (Å²) in [5.74, 6) is 2.68. The topological polar surface area (TPSA) is 60.4 Å². The smallest absolute Gasteiger partial charge is 0.231 e. The molecular weight excluding hydrogens is 346 g/mol. The molecular formula is C21H23NO5. The average Bonchev–Trinajstić information content (AvgIpc) is 3.15. The fraction of sp³-hybridized carbons (Fsp3) is 0.429. The van der Waals surface area contributed by atoms with Crippen molar-refractivity contribution < 1.29 is 24.1 Å². The number of benzene rings is 2. The Kier molecular flexibility index (Phi) is 4.10. The Morgan fingerprint density at radius 1 is 0.963 bits per heavy atom. The summed E-state index contributed by atoms with van der Waals surface area (Å²) < 4.78 is 23.1. The number of hydrogen-bond donors (Lipinski definition) is 1. The summed E-state index contributed by atoms with van der Waals surface area (Å²) in [5, 5.41) is 10.6. The van der Waals surface area contributed by atoms with Crippen molar-refractivity contribution >= 4 is 0 Å². The molecule has 0 spiro atoms. The van der Waals surface area contributed by atoms with Gasteiger partial charge in [0.1, 0.15) is 11.5 Å². The second-order valence-electron chi connectivity index (χ2n) is 7.30. The van der Waals surface area contributed by atoms with Crippen LogP contribution in [0.3, 0.4) is 0 Å². The first kappa shape index (κ1) is 16.7. The van der Waals surface area contributed by atoms with Gasteiger partial charge in [-0.1, -0.05) is 25.1 Å². The summed E-state index contributed by atoms with van der Waals surface area (Å²) in [7, 11) is 0. The van der Waals surface area contributed by atoms with Gasteiger partial charge in [-0.3, -0.25) is 4.90 Å². The highest BCUT2D eigenvalue weighted by Crippen LogP contribution is 2.51. The fourth-order valence-electron chi connectivity index (χ4n) is 4.41. The average molecular weight is 369 g/mol. The molecule has 1 saturated heterocycles. The molecule has 0 aromatic heterocycles. The van der Waals surface area contributed by atoms with E-state index in [9.17, 15) is 5.11 Å². The number of rotatable bonds is 2. The Labute approximate surface area is 158 Å². The van der Waals surface area contributed by atoms with E-state index in [2.05, 4.69) is 11.8 Å². The van der Waals surface area contributed by atoms with Crippen LogP contribution in [0, 0.1) is 5.92 Å². The first-order chi connectivity index (χ1) is 13.2. The number of para-hydroxylation sites is 1.